The van der Waals surface area contributed by atoms with Crippen LogP contribution in [0.25, 0.3) is 0 Å². The second kappa shape index (κ2) is 4.54. The SMILES string of the molecule is NCCCCC(F)C(F)(F)F. The van der Waals surface area contributed by atoms with Gasteiger partial charge in [-0.3, -0.25) is 0 Å². The van der Waals surface area contributed by atoms with Gasteiger partial charge in [-0.2, -0.15) is 13.2 Å². The fourth-order valence-corrected chi connectivity index (χ4v) is 0.632. The van der Waals surface area contributed by atoms with Gasteiger partial charge in [-0.05, 0) is 25.8 Å². The second-order valence-electron chi connectivity index (χ2n) is 2.29. The third-order valence-corrected chi connectivity index (χ3v) is 1.27. The highest BCUT2D eigenvalue weighted by Crippen LogP contribution is 2.26. The summed E-state index contributed by atoms with van der Waals surface area (Å²) in [6.07, 6.45) is -7.22. The lowest BCUT2D eigenvalue weighted by atomic mass is 10.1. The Bertz CT molecular complexity index is 101. The summed E-state index contributed by atoms with van der Waals surface area (Å²) in [5, 5.41) is 0. The average Bonchev–Trinajstić information content (AvgIpc) is 1.86. The van der Waals surface area contributed by atoms with E-state index in [1.807, 2.05) is 0 Å². The molecule has 0 spiro atoms. The predicted octanol–water partition coefficient (Wildman–Crippen LogP) is 2.02. The monoisotopic (exact) mass is 173 g/mol. The number of halogens is 4. The van der Waals surface area contributed by atoms with Gasteiger partial charge in [-0.1, -0.05) is 0 Å². The maximum atomic E-state index is 12.1. The van der Waals surface area contributed by atoms with Crippen molar-refractivity contribution in [2.45, 2.75) is 31.6 Å². The van der Waals surface area contributed by atoms with Crippen molar-refractivity contribution in [3.05, 3.63) is 0 Å². The summed E-state index contributed by atoms with van der Waals surface area (Å²) < 4.78 is 46.5. The predicted molar refractivity (Wildman–Crippen MR) is 33.9 cm³/mol. The molecule has 0 heterocycles. The Kier molecular flexibility index (Phi) is 4.40. The van der Waals surface area contributed by atoms with Crippen LogP contribution in [0.4, 0.5) is 17.6 Å². The standard InChI is InChI=1S/C6H11F4N/c7-5(6(8,9)10)3-1-2-4-11/h5H,1-4,11H2. The van der Waals surface area contributed by atoms with Crippen LogP contribution >= 0.6 is 0 Å². The highest BCUT2D eigenvalue weighted by atomic mass is 19.4. The second-order valence-corrected chi connectivity index (χ2v) is 2.29. The number of rotatable bonds is 4. The van der Waals surface area contributed by atoms with Gasteiger partial charge in [-0.15, -0.1) is 0 Å². The highest BCUT2D eigenvalue weighted by Gasteiger charge is 2.39. The van der Waals surface area contributed by atoms with Gasteiger partial charge in [-0.25, -0.2) is 4.39 Å². The van der Waals surface area contributed by atoms with Crippen LogP contribution in [0.2, 0.25) is 0 Å². The Labute approximate surface area is 62.6 Å². The van der Waals surface area contributed by atoms with Crippen LogP contribution in [0.3, 0.4) is 0 Å². The van der Waals surface area contributed by atoms with Crippen LogP contribution in [0.1, 0.15) is 19.3 Å². The van der Waals surface area contributed by atoms with E-state index in [0.717, 1.165) is 0 Å². The van der Waals surface area contributed by atoms with Crippen LogP contribution in [0, 0.1) is 0 Å². The van der Waals surface area contributed by atoms with Crippen LogP contribution in [-0.4, -0.2) is 18.9 Å². The lowest BCUT2D eigenvalue weighted by Crippen LogP contribution is -2.24. The maximum absolute atomic E-state index is 12.1. The molecule has 0 aromatic heterocycles. The van der Waals surface area contributed by atoms with Gasteiger partial charge in [0.2, 0.25) is 0 Å². The fraction of sp³-hybridized carbons (Fsp3) is 1.00. The van der Waals surface area contributed by atoms with E-state index >= 15 is 0 Å². The van der Waals surface area contributed by atoms with E-state index in [1.54, 1.807) is 0 Å². The Balaban J connectivity index is 3.44. The maximum Gasteiger partial charge on any atom is 0.419 e. The van der Waals surface area contributed by atoms with Crippen molar-refractivity contribution in [2.24, 2.45) is 5.73 Å². The van der Waals surface area contributed by atoms with E-state index in [2.05, 4.69) is 0 Å². The van der Waals surface area contributed by atoms with Crippen molar-refractivity contribution in [2.75, 3.05) is 6.54 Å². The van der Waals surface area contributed by atoms with E-state index in [0.29, 0.717) is 13.0 Å². The molecule has 1 nitrogen and oxygen atoms in total. The Hall–Kier alpha value is -0.320. The first kappa shape index (κ1) is 10.7. The first-order chi connectivity index (χ1) is 4.98. The zero-order chi connectivity index (χ0) is 8.91. The molecule has 11 heavy (non-hydrogen) atoms. The summed E-state index contributed by atoms with van der Waals surface area (Å²) >= 11 is 0. The van der Waals surface area contributed by atoms with E-state index in [-0.39, 0.29) is 6.42 Å². The summed E-state index contributed by atoms with van der Waals surface area (Å²) in [5.41, 5.74) is 5.02. The van der Waals surface area contributed by atoms with E-state index < -0.39 is 18.8 Å². The van der Waals surface area contributed by atoms with E-state index in [4.69, 9.17) is 5.73 Å². The zero-order valence-electron chi connectivity index (χ0n) is 5.99. The average molecular weight is 173 g/mol. The molecule has 1 atom stereocenters. The van der Waals surface area contributed by atoms with Gasteiger partial charge < -0.3 is 5.73 Å². The Morgan fingerprint density at radius 2 is 1.73 bits per heavy atom. The van der Waals surface area contributed by atoms with Gasteiger partial charge in [0.05, 0.1) is 0 Å². The van der Waals surface area contributed by atoms with Crippen molar-refractivity contribution in [1.82, 2.24) is 0 Å². The molecule has 0 aromatic carbocycles. The van der Waals surface area contributed by atoms with Crippen LogP contribution in [0.15, 0.2) is 0 Å². The molecule has 0 aromatic rings. The van der Waals surface area contributed by atoms with E-state index in [9.17, 15) is 17.6 Å². The number of alkyl halides is 4. The summed E-state index contributed by atoms with van der Waals surface area (Å²) in [6, 6.07) is 0. The molecule has 0 aliphatic rings. The molecule has 0 amide bonds. The molecule has 0 saturated carbocycles. The third kappa shape index (κ3) is 5.01. The van der Waals surface area contributed by atoms with E-state index in [1.165, 1.54) is 0 Å². The van der Waals surface area contributed by atoms with Gasteiger partial charge in [0.15, 0.2) is 6.17 Å². The van der Waals surface area contributed by atoms with Crippen LogP contribution in [0.5, 0.6) is 0 Å². The van der Waals surface area contributed by atoms with Gasteiger partial charge in [0.1, 0.15) is 0 Å². The first-order valence-electron chi connectivity index (χ1n) is 3.39. The lowest BCUT2D eigenvalue weighted by Gasteiger charge is -2.10. The van der Waals surface area contributed by atoms with Crippen LogP contribution in [-0.2, 0) is 0 Å². The number of hydrogen-bond donors (Lipinski definition) is 1. The molecule has 0 bridgehead atoms. The fourth-order valence-electron chi connectivity index (χ4n) is 0.632. The van der Waals surface area contributed by atoms with Crippen molar-refractivity contribution < 1.29 is 17.6 Å². The number of nitrogens with two attached hydrogens (primary N) is 1. The zero-order valence-corrected chi connectivity index (χ0v) is 5.99. The molecule has 68 valence electrons. The molecule has 5 heteroatoms. The van der Waals surface area contributed by atoms with Crippen molar-refractivity contribution in [3.8, 4) is 0 Å². The van der Waals surface area contributed by atoms with Gasteiger partial charge >= 0.3 is 6.18 Å². The summed E-state index contributed by atoms with van der Waals surface area (Å²) in [5.74, 6) is 0. The summed E-state index contributed by atoms with van der Waals surface area (Å²) in [4.78, 5) is 0. The van der Waals surface area contributed by atoms with Crippen molar-refractivity contribution >= 4 is 0 Å². The minimum Gasteiger partial charge on any atom is -0.330 e. The molecular weight excluding hydrogens is 162 g/mol. The molecule has 0 rings (SSSR count). The molecule has 0 radical (unpaired) electrons. The van der Waals surface area contributed by atoms with Crippen molar-refractivity contribution in [3.63, 3.8) is 0 Å². The Morgan fingerprint density at radius 1 is 1.18 bits per heavy atom. The highest BCUT2D eigenvalue weighted by molar-refractivity contribution is 4.65. The largest absolute Gasteiger partial charge is 0.419 e. The number of hydrogen-bond acceptors (Lipinski definition) is 1. The third-order valence-electron chi connectivity index (χ3n) is 1.27. The Morgan fingerprint density at radius 3 is 2.09 bits per heavy atom. The molecule has 2 N–H and O–H groups in total. The molecule has 0 fully saturated rings. The molecule has 0 aliphatic heterocycles. The first-order valence-corrected chi connectivity index (χ1v) is 3.39. The smallest absolute Gasteiger partial charge is 0.330 e. The summed E-state index contributed by atoms with van der Waals surface area (Å²) in [6.45, 7) is 0.310. The molecular formula is C6H11F4N. The molecule has 0 saturated heterocycles. The van der Waals surface area contributed by atoms with Crippen LogP contribution < -0.4 is 5.73 Å². The topological polar surface area (TPSA) is 26.0 Å². The molecule has 1 unspecified atom stereocenters. The minimum absolute atomic E-state index is 0.192. The van der Waals surface area contributed by atoms with Gasteiger partial charge in [0.25, 0.3) is 0 Å². The minimum atomic E-state index is -4.70. The quantitative estimate of drug-likeness (QED) is 0.510. The number of unbranched alkanes of at least 4 members (excludes halogenated alkanes) is 1. The summed E-state index contributed by atoms with van der Waals surface area (Å²) in [7, 11) is 0. The normalized spacial score (nSPS) is 15.0. The van der Waals surface area contributed by atoms with Crippen molar-refractivity contribution in [1.29, 1.82) is 0 Å². The lowest BCUT2D eigenvalue weighted by molar-refractivity contribution is -0.182. The van der Waals surface area contributed by atoms with Gasteiger partial charge in [0, 0.05) is 0 Å². The molecule has 0 aliphatic carbocycles.